The molecule has 1 aromatic carbocycles. The lowest BCUT2D eigenvalue weighted by atomic mass is 9.99. The van der Waals surface area contributed by atoms with Crippen LogP contribution in [0.3, 0.4) is 0 Å². The van der Waals surface area contributed by atoms with Gasteiger partial charge in [-0.1, -0.05) is 23.4 Å². The minimum Gasteiger partial charge on any atom is -0.367 e. The van der Waals surface area contributed by atoms with Gasteiger partial charge in [-0.25, -0.2) is 0 Å². The Morgan fingerprint density at radius 1 is 1.21 bits per heavy atom. The topological polar surface area (TPSA) is 52.0 Å². The molecule has 14 heavy (non-hydrogen) atoms. The molecule has 0 spiro atoms. The molecule has 0 aliphatic rings. The number of anilines is 1. The average Bonchev–Trinajstić information content (AvgIpc) is 2.57. The van der Waals surface area contributed by atoms with Gasteiger partial charge in [0.25, 0.3) is 0 Å². The maximum absolute atomic E-state index is 5.66. The molecule has 2 N–H and O–H groups in total. The molecule has 0 saturated heterocycles. The maximum atomic E-state index is 5.66. The number of rotatable bonds is 1. The molecule has 0 unspecified atom stereocenters. The van der Waals surface area contributed by atoms with Gasteiger partial charge >= 0.3 is 0 Å². The first-order valence-corrected chi connectivity index (χ1v) is 4.47. The van der Waals surface area contributed by atoms with Crippen LogP contribution < -0.4 is 5.73 Å². The van der Waals surface area contributed by atoms with Gasteiger partial charge in [-0.3, -0.25) is 0 Å². The summed E-state index contributed by atoms with van der Waals surface area (Å²) in [6.45, 7) is 4.14. The zero-order valence-electron chi connectivity index (χ0n) is 8.24. The highest BCUT2D eigenvalue weighted by Gasteiger charge is 2.09. The van der Waals surface area contributed by atoms with E-state index in [1.165, 1.54) is 11.1 Å². The first-order chi connectivity index (χ1) is 6.70. The monoisotopic (exact) mass is 188 g/mol. The zero-order chi connectivity index (χ0) is 10.1. The van der Waals surface area contributed by atoms with Crippen LogP contribution in [0.4, 0.5) is 5.88 Å². The Hall–Kier alpha value is -1.77. The smallest absolute Gasteiger partial charge is 0.229 e. The van der Waals surface area contributed by atoms with Gasteiger partial charge in [0.15, 0.2) is 0 Å². The summed E-state index contributed by atoms with van der Waals surface area (Å²) in [5.74, 6) is 0.374. The van der Waals surface area contributed by atoms with Crippen LogP contribution in [-0.4, -0.2) is 5.16 Å². The van der Waals surface area contributed by atoms with E-state index in [-0.39, 0.29) is 0 Å². The molecule has 72 valence electrons. The SMILES string of the molecule is Cc1cccc(-c2cnoc2N)c1C. The summed E-state index contributed by atoms with van der Waals surface area (Å²) >= 11 is 0. The summed E-state index contributed by atoms with van der Waals surface area (Å²) in [4.78, 5) is 0. The largest absolute Gasteiger partial charge is 0.367 e. The van der Waals surface area contributed by atoms with Crippen LogP contribution >= 0.6 is 0 Å². The molecular weight excluding hydrogens is 176 g/mol. The van der Waals surface area contributed by atoms with E-state index in [0.29, 0.717) is 5.88 Å². The van der Waals surface area contributed by atoms with Crippen molar-refractivity contribution in [1.82, 2.24) is 5.16 Å². The molecule has 0 radical (unpaired) electrons. The Bertz CT molecular complexity index is 460. The van der Waals surface area contributed by atoms with Crippen molar-refractivity contribution >= 4 is 5.88 Å². The van der Waals surface area contributed by atoms with Gasteiger partial charge in [-0.15, -0.1) is 0 Å². The fourth-order valence-electron chi connectivity index (χ4n) is 1.49. The molecule has 2 rings (SSSR count). The second-order valence-corrected chi connectivity index (χ2v) is 3.35. The van der Waals surface area contributed by atoms with Crippen molar-refractivity contribution < 1.29 is 4.52 Å². The van der Waals surface area contributed by atoms with Crippen molar-refractivity contribution in [1.29, 1.82) is 0 Å². The number of hydrogen-bond acceptors (Lipinski definition) is 3. The summed E-state index contributed by atoms with van der Waals surface area (Å²) in [5, 5.41) is 3.67. The quantitative estimate of drug-likeness (QED) is 0.748. The zero-order valence-corrected chi connectivity index (χ0v) is 8.24. The van der Waals surface area contributed by atoms with Gasteiger partial charge < -0.3 is 10.3 Å². The third-order valence-corrected chi connectivity index (χ3v) is 2.49. The second kappa shape index (κ2) is 3.18. The van der Waals surface area contributed by atoms with Crippen LogP contribution in [0.25, 0.3) is 11.1 Å². The number of nitrogens with zero attached hydrogens (tertiary/aromatic N) is 1. The van der Waals surface area contributed by atoms with E-state index in [2.05, 4.69) is 25.1 Å². The number of nitrogen functional groups attached to an aromatic ring is 1. The lowest BCUT2D eigenvalue weighted by molar-refractivity contribution is 0.436. The predicted octanol–water partition coefficient (Wildman–Crippen LogP) is 2.54. The lowest BCUT2D eigenvalue weighted by Crippen LogP contribution is -1.89. The molecule has 0 atom stereocenters. The van der Waals surface area contributed by atoms with E-state index >= 15 is 0 Å². The van der Waals surface area contributed by atoms with E-state index in [0.717, 1.165) is 11.1 Å². The highest BCUT2D eigenvalue weighted by molar-refractivity contribution is 5.75. The summed E-state index contributed by atoms with van der Waals surface area (Å²) in [5.41, 5.74) is 10.1. The van der Waals surface area contributed by atoms with Crippen molar-refractivity contribution in [3.05, 3.63) is 35.5 Å². The minimum absolute atomic E-state index is 0.374. The fraction of sp³-hybridized carbons (Fsp3) is 0.182. The van der Waals surface area contributed by atoms with Crippen molar-refractivity contribution in [2.45, 2.75) is 13.8 Å². The average molecular weight is 188 g/mol. The molecule has 3 heteroatoms. The van der Waals surface area contributed by atoms with Gasteiger partial charge in [0, 0.05) is 0 Å². The van der Waals surface area contributed by atoms with Gasteiger partial charge in [0.1, 0.15) is 0 Å². The summed E-state index contributed by atoms with van der Waals surface area (Å²) in [7, 11) is 0. The molecule has 0 aliphatic heterocycles. The fourth-order valence-corrected chi connectivity index (χ4v) is 1.49. The number of benzene rings is 1. The highest BCUT2D eigenvalue weighted by atomic mass is 16.5. The molecule has 2 aromatic rings. The van der Waals surface area contributed by atoms with Gasteiger partial charge in [-0.2, -0.15) is 0 Å². The highest BCUT2D eigenvalue weighted by Crippen LogP contribution is 2.29. The molecule has 0 bridgehead atoms. The standard InChI is InChI=1S/C11H12N2O/c1-7-4-3-5-9(8(7)2)10-6-13-14-11(10)12/h3-6H,12H2,1-2H3. The second-order valence-electron chi connectivity index (χ2n) is 3.35. The normalized spacial score (nSPS) is 10.4. The molecule has 3 nitrogen and oxygen atoms in total. The molecular formula is C11H12N2O. The van der Waals surface area contributed by atoms with Crippen molar-refractivity contribution in [2.75, 3.05) is 5.73 Å². The summed E-state index contributed by atoms with van der Waals surface area (Å²) < 4.78 is 4.84. The van der Waals surface area contributed by atoms with Crippen LogP contribution in [0.5, 0.6) is 0 Å². The van der Waals surface area contributed by atoms with E-state index in [4.69, 9.17) is 10.3 Å². The van der Waals surface area contributed by atoms with Crippen LogP contribution in [0.2, 0.25) is 0 Å². The third kappa shape index (κ3) is 1.27. The van der Waals surface area contributed by atoms with E-state index < -0.39 is 0 Å². The van der Waals surface area contributed by atoms with Gasteiger partial charge in [0.2, 0.25) is 5.88 Å². The van der Waals surface area contributed by atoms with E-state index in [1.807, 2.05) is 12.1 Å². The number of nitrogens with two attached hydrogens (primary N) is 1. The van der Waals surface area contributed by atoms with Crippen LogP contribution in [0, 0.1) is 13.8 Å². The number of hydrogen-bond donors (Lipinski definition) is 1. The van der Waals surface area contributed by atoms with Crippen LogP contribution in [0.1, 0.15) is 11.1 Å². The first kappa shape index (κ1) is 8.81. The Kier molecular flexibility index (Phi) is 2.00. The van der Waals surface area contributed by atoms with Crippen molar-refractivity contribution in [2.24, 2.45) is 0 Å². The molecule has 1 aromatic heterocycles. The van der Waals surface area contributed by atoms with Crippen LogP contribution in [0.15, 0.2) is 28.9 Å². The van der Waals surface area contributed by atoms with Gasteiger partial charge in [-0.05, 0) is 30.5 Å². The number of aryl methyl sites for hydroxylation is 1. The Balaban J connectivity index is 2.63. The van der Waals surface area contributed by atoms with E-state index in [9.17, 15) is 0 Å². The Morgan fingerprint density at radius 3 is 2.64 bits per heavy atom. The Labute approximate surface area is 82.5 Å². The molecule has 0 fully saturated rings. The molecule has 0 aliphatic carbocycles. The van der Waals surface area contributed by atoms with Crippen LogP contribution in [-0.2, 0) is 0 Å². The summed E-state index contributed by atoms with van der Waals surface area (Å²) in [6, 6.07) is 6.10. The molecule has 0 amide bonds. The van der Waals surface area contributed by atoms with E-state index in [1.54, 1.807) is 6.20 Å². The number of aromatic nitrogens is 1. The maximum Gasteiger partial charge on any atom is 0.229 e. The predicted molar refractivity (Wildman–Crippen MR) is 55.8 cm³/mol. The van der Waals surface area contributed by atoms with Crippen molar-refractivity contribution in [3.63, 3.8) is 0 Å². The molecule has 1 heterocycles. The summed E-state index contributed by atoms with van der Waals surface area (Å²) in [6.07, 6.45) is 1.65. The molecule has 0 saturated carbocycles. The third-order valence-electron chi connectivity index (χ3n) is 2.49. The lowest BCUT2D eigenvalue weighted by Gasteiger charge is -2.05. The van der Waals surface area contributed by atoms with Gasteiger partial charge in [0.05, 0.1) is 11.8 Å². The first-order valence-electron chi connectivity index (χ1n) is 4.47. The Morgan fingerprint density at radius 2 is 2.00 bits per heavy atom. The van der Waals surface area contributed by atoms with Crippen molar-refractivity contribution in [3.8, 4) is 11.1 Å². The minimum atomic E-state index is 0.374.